The molecule has 0 spiro atoms. The van der Waals surface area contributed by atoms with Crippen molar-refractivity contribution in [2.24, 2.45) is 11.7 Å². The van der Waals surface area contributed by atoms with Gasteiger partial charge >= 0.3 is 0 Å². The number of pyridine rings is 1. The first-order valence-electron chi connectivity index (χ1n) is 5.68. The van der Waals surface area contributed by atoms with Gasteiger partial charge < -0.3 is 11.1 Å². The third-order valence-electron chi connectivity index (χ3n) is 3.18. The van der Waals surface area contributed by atoms with Gasteiger partial charge in [-0.2, -0.15) is 0 Å². The van der Waals surface area contributed by atoms with Gasteiger partial charge in [-0.05, 0) is 43.4 Å². The fourth-order valence-corrected chi connectivity index (χ4v) is 2.19. The Labute approximate surface area is 91.1 Å². The van der Waals surface area contributed by atoms with E-state index < -0.39 is 0 Å². The maximum Gasteiger partial charge on any atom is 0.126 e. The van der Waals surface area contributed by atoms with Crippen molar-refractivity contribution in [3.8, 4) is 0 Å². The lowest BCUT2D eigenvalue weighted by Crippen LogP contribution is -2.29. The van der Waals surface area contributed by atoms with Gasteiger partial charge in [-0.3, -0.25) is 0 Å². The van der Waals surface area contributed by atoms with Crippen LogP contribution in [0.4, 0.5) is 5.82 Å². The summed E-state index contributed by atoms with van der Waals surface area (Å²) in [7, 11) is 0. The van der Waals surface area contributed by atoms with Crippen molar-refractivity contribution >= 4 is 5.82 Å². The van der Waals surface area contributed by atoms with Gasteiger partial charge in [0.05, 0.1) is 0 Å². The van der Waals surface area contributed by atoms with Crippen LogP contribution in [0.2, 0.25) is 0 Å². The van der Waals surface area contributed by atoms with Gasteiger partial charge in [0.1, 0.15) is 5.82 Å². The number of anilines is 1. The fraction of sp³-hybridized carbons (Fsp3) is 0.583. The van der Waals surface area contributed by atoms with E-state index in [9.17, 15) is 0 Å². The molecule has 0 radical (unpaired) electrons. The Bertz CT molecular complexity index is 324. The highest BCUT2D eigenvalue weighted by Gasteiger charge is 2.23. The third kappa shape index (κ3) is 2.69. The normalized spacial score (nSPS) is 25.5. The van der Waals surface area contributed by atoms with Gasteiger partial charge in [0.15, 0.2) is 0 Å². The van der Waals surface area contributed by atoms with Gasteiger partial charge in [-0.1, -0.05) is 6.42 Å². The zero-order chi connectivity index (χ0) is 10.7. The topological polar surface area (TPSA) is 50.9 Å². The molecule has 2 unspecified atom stereocenters. The van der Waals surface area contributed by atoms with Crippen LogP contribution in [0.25, 0.3) is 0 Å². The molecule has 1 aromatic rings. The van der Waals surface area contributed by atoms with Crippen molar-refractivity contribution in [3.63, 3.8) is 0 Å². The summed E-state index contributed by atoms with van der Waals surface area (Å²) in [5.41, 5.74) is 7.25. The van der Waals surface area contributed by atoms with E-state index in [0.717, 1.165) is 12.4 Å². The molecule has 2 rings (SSSR count). The van der Waals surface area contributed by atoms with Crippen LogP contribution in [0.5, 0.6) is 0 Å². The molecule has 0 aliphatic heterocycles. The van der Waals surface area contributed by atoms with Crippen LogP contribution in [0.3, 0.4) is 0 Å². The molecule has 1 fully saturated rings. The standard InChI is InChI=1S/C12H19N3/c1-9-5-6-14-12(7-9)15-8-10-3-2-4-11(10)13/h5-7,10-11H,2-4,8,13H2,1H3,(H,14,15). The lowest BCUT2D eigenvalue weighted by molar-refractivity contribution is 0.504. The van der Waals surface area contributed by atoms with Gasteiger partial charge in [0.25, 0.3) is 0 Å². The first-order valence-corrected chi connectivity index (χ1v) is 5.68. The number of hydrogen-bond donors (Lipinski definition) is 2. The first-order chi connectivity index (χ1) is 7.25. The lowest BCUT2D eigenvalue weighted by Gasteiger charge is -2.16. The zero-order valence-corrected chi connectivity index (χ0v) is 9.24. The molecule has 1 heterocycles. The van der Waals surface area contributed by atoms with Gasteiger partial charge in [-0.15, -0.1) is 0 Å². The van der Waals surface area contributed by atoms with Crippen molar-refractivity contribution in [1.29, 1.82) is 0 Å². The Balaban J connectivity index is 1.87. The number of hydrogen-bond acceptors (Lipinski definition) is 3. The fourth-order valence-electron chi connectivity index (χ4n) is 2.19. The Hall–Kier alpha value is -1.09. The van der Waals surface area contributed by atoms with Crippen LogP contribution in [0.1, 0.15) is 24.8 Å². The SMILES string of the molecule is Cc1ccnc(NCC2CCCC2N)c1. The Morgan fingerprint density at radius 1 is 1.53 bits per heavy atom. The minimum atomic E-state index is 0.377. The maximum atomic E-state index is 6.01. The molecule has 0 aromatic carbocycles. The molecule has 3 N–H and O–H groups in total. The second-order valence-corrected chi connectivity index (χ2v) is 4.45. The van der Waals surface area contributed by atoms with E-state index in [0.29, 0.717) is 12.0 Å². The number of aromatic nitrogens is 1. The average molecular weight is 205 g/mol. The van der Waals surface area contributed by atoms with E-state index in [1.54, 1.807) is 0 Å². The first kappa shape index (κ1) is 10.4. The molecular formula is C12H19N3. The summed E-state index contributed by atoms with van der Waals surface area (Å²) < 4.78 is 0. The molecule has 3 heteroatoms. The van der Waals surface area contributed by atoms with Crippen LogP contribution in [0.15, 0.2) is 18.3 Å². The quantitative estimate of drug-likeness (QED) is 0.792. The summed E-state index contributed by atoms with van der Waals surface area (Å²) in [4.78, 5) is 4.27. The Morgan fingerprint density at radius 2 is 2.40 bits per heavy atom. The van der Waals surface area contributed by atoms with Crippen LogP contribution in [0, 0.1) is 12.8 Å². The van der Waals surface area contributed by atoms with E-state index in [2.05, 4.69) is 23.3 Å². The van der Waals surface area contributed by atoms with Crippen LogP contribution >= 0.6 is 0 Å². The van der Waals surface area contributed by atoms with Crippen molar-refractivity contribution in [1.82, 2.24) is 4.98 Å². The average Bonchev–Trinajstić information content (AvgIpc) is 2.61. The highest BCUT2D eigenvalue weighted by Crippen LogP contribution is 2.24. The summed E-state index contributed by atoms with van der Waals surface area (Å²) in [5, 5.41) is 3.37. The molecule has 3 nitrogen and oxygen atoms in total. The third-order valence-corrected chi connectivity index (χ3v) is 3.18. The van der Waals surface area contributed by atoms with Crippen molar-refractivity contribution < 1.29 is 0 Å². The number of nitrogens with zero attached hydrogens (tertiary/aromatic N) is 1. The van der Waals surface area contributed by atoms with Crippen molar-refractivity contribution in [2.45, 2.75) is 32.2 Å². The van der Waals surface area contributed by atoms with E-state index in [1.807, 2.05) is 12.3 Å². The molecule has 1 aromatic heterocycles. The maximum absolute atomic E-state index is 6.01. The second-order valence-electron chi connectivity index (χ2n) is 4.45. The lowest BCUT2D eigenvalue weighted by atomic mass is 10.1. The monoisotopic (exact) mass is 205 g/mol. The highest BCUT2D eigenvalue weighted by atomic mass is 15.0. The van der Waals surface area contributed by atoms with Crippen LogP contribution in [-0.2, 0) is 0 Å². The molecule has 0 bridgehead atoms. The van der Waals surface area contributed by atoms with Gasteiger partial charge in [-0.25, -0.2) is 4.98 Å². The Morgan fingerprint density at radius 3 is 3.07 bits per heavy atom. The van der Waals surface area contributed by atoms with E-state index in [1.165, 1.54) is 24.8 Å². The number of nitrogens with one attached hydrogen (secondary N) is 1. The number of nitrogens with two attached hydrogens (primary N) is 1. The van der Waals surface area contributed by atoms with Crippen LogP contribution < -0.4 is 11.1 Å². The van der Waals surface area contributed by atoms with Gasteiger partial charge in [0, 0.05) is 18.8 Å². The number of rotatable bonds is 3. The molecule has 2 atom stereocenters. The van der Waals surface area contributed by atoms with Crippen molar-refractivity contribution in [3.05, 3.63) is 23.9 Å². The summed E-state index contributed by atoms with van der Waals surface area (Å²) in [6.07, 6.45) is 5.54. The summed E-state index contributed by atoms with van der Waals surface area (Å²) >= 11 is 0. The molecule has 0 saturated heterocycles. The van der Waals surface area contributed by atoms with Crippen molar-refractivity contribution in [2.75, 3.05) is 11.9 Å². The van der Waals surface area contributed by atoms with Crippen LogP contribution in [-0.4, -0.2) is 17.6 Å². The molecule has 15 heavy (non-hydrogen) atoms. The predicted octanol–water partition coefficient (Wildman–Crippen LogP) is 1.93. The molecule has 1 aliphatic rings. The summed E-state index contributed by atoms with van der Waals surface area (Å²) in [6, 6.07) is 4.45. The second kappa shape index (κ2) is 4.62. The molecule has 1 saturated carbocycles. The number of aryl methyl sites for hydroxylation is 1. The van der Waals surface area contributed by atoms with E-state index in [-0.39, 0.29) is 0 Å². The van der Waals surface area contributed by atoms with E-state index >= 15 is 0 Å². The molecule has 82 valence electrons. The molecular weight excluding hydrogens is 186 g/mol. The highest BCUT2D eigenvalue weighted by molar-refractivity contribution is 5.36. The summed E-state index contributed by atoms with van der Waals surface area (Å²) in [6.45, 7) is 3.03. The van der Waals surface area contributed by atoms with E-state index in [4.69, 9.17) is 5.73 Å². The molecule has 0 amide bonds. The Kier molecular flexibility index (Phi) is 3.21. The molecule has 1 aliphatic carbocycles. The summed E-state index contributed by atoms with van der Waals surface area (Å²) in [5.74, 6) is 1.58. The zero-order valence-electron chi connectivity index (χ0n) is 9.24. The minimum Gasteiger partial charge on any atom is -0.370 e. The predicted molar refractivity (Wildman–Crippen MR) is 62.8 cm³/mol. The smallest absolute Gasteiger partial charge is 0.126 e. The van der Waals surface area contributed by atoms with Gasteiger partial charge in [0.2, 0.25) is 0 Å². The largest absolute Gasteiger partial charge is 0.370 e. The minimum absolute atomic E-state index is 0.377.